The molecule has 0 saturated heterocycles. The van der Waals surface area contributed by atoms with E-state index in [4.69, 9.17) is 15.0 Å². The summed E-state index contributed by atoms with van der Waals surface area (Å²) in [6, 6.07) is 68.6. The van der Waals surface area contributed by atoms with Crippen LogP contribution in [-0.4, -0.2) is 24.1 Å². The van der Waals surface area contributed by atoms with Crippen molar-refractivity contribution >= 4 is 43.6 Å². The second-order valence-electron chi connectivity index (χ2n) is 14.5. The van der Waals surface area contributed by atoms with Gasteiger partial charge in [0, 0.05) is 49.5 Å². The molecule has 3 heterocycles. The minimum Gasteiger partial charge on any atom is -0.309 e. The predicted octanol–water partition coefficient (Wildman–Crippen LogP) is 13.0. The van der Waals surface area contributed by atoms with Crippen LogP contribution in [-0.2, 0) is 0 Å². The van der Waals surface area contributed by atoms with Crippen molar-refractivity contribution in [1.82, 2.24) is 24.1 Å². The van der Waals surface area contributed by atoms with Crippen LogP contribution in [0.15, 0.2) is 194 Å². The third-order valence-electron chi connectivity index (χ3n) is 11.0. The first-order valence-electron chi connectivity index (χ1n) is 19.3. The number of hydrogen-bond donors (Lipinski definition) is 0. The minimum atomic E-state index is 0.625. The topological polar surface area (TPSA) is 48.5 Å². The lowest BCUT2D eigenvalue weighted by atomic mass is 9.99. The second kappa shape index (κ2) is 13.3. The van der Waals surface area contributed by atoms with Crippen molar-refractivity contribution in [2.24, 2.45) is 0 Å². The van der Waals surface area contributed by atoms with Gasteiger partial charge in [0.05, 0.1) is 27.8 Å². The van der Waals surface area contributed by atoms with Crippen LogP contribution in [0, 0.1) is 6.92 Å². The Bertz CT molecular complexity index is 3210. The van der Waals surface area contributed by atoms with E-state index in [0.29, 0.717) is 17.5 Å². The summed E-state index contributed by atoms with van der Waals surface area (Å²) in [6.45, 7) is 2.13. The molecule has 5 nitrogen and oxygen atoms in total. The largest absolute Gasteiger partial charge is 0.309 e. The molecule has 0 atom stereocenters. The number of rotatable bonds is 6. The van der Waals surface area contributed by atoms with Crippen molar-refractivity contribution < 1.29 is 0 Å². The highest BCUT2D eigenvalue weighted by atomic mass is 15.0. The van der Waals surface area contributed by atoms with E-state index in [1.807, 2.05) is 60.7 Å². The van der Waals surface area contributed by atoms with Gasteiger partial charge in [0.1, 0.15) is 0 Å². The van der Waals surface area contributed by atoms with Crippen LogP contribution in [0.25, 0.3) is 100 Å². The number of fused-ring (bicyclic) bond motifs is 7. The Kier molecular flexibility index (Phi) is 7.64. The molecule has 0 saturated carbocycles. The molecule has 5 heteroatoms. The fourth-order valence-electron chi connectivity index (χ4n) is 8.41. The molecule has 3 aromatic heterocycles. The highest BCUT2D eigenvalue weighted by Crippen LogP contribution is 2.44. The lowest BCUT2D eigenvalue weighted by molar-refractivity contribution is 1.07. The van der Waals surface area contributed by atoms with Gasteiger partial charge in [0.25, 0.3) is 0 Å². The molecule has 0 aliphatic heterocycles. The maximum atomic E-state index is 5.10. The zero-order chi connectivity index (χ0) is 37.9. The van der Waals surface area contributed by atoms with Gasteiger partial charge in [0.2, 0.25) is 0 Å². The molecular formula is C52H35N5. The monoisotopic (exact) mass is 729 g/mol. The third-order valence-corrected chi connectivity index (χ3v) is 11.0. The Balaban J connectivity index is 1.19. The molecule has 0 N–H and O–H groups in total. The normalized spacial score (nSPS) is 11.6. The third kappa shape index (κ3) is 5.43. The highest BCUT2D eigenvalue weighted by molar-refractivity contribution is 6.29. The van der Waals surface area contributed by atoms with Gasteiger partial charge >= 0.3 is 0 Å². The Hall–Kier alpha value is -7.63. The number of hydrogen-bond acceptors (Lipinski definition) is 3. The summed E-state index contributed by atoms with van der Waals surface area (Å²) in [5, 5.41) is 4.94. The fourth-order valence-corrected chi connectivity index (χ4v) is 8.41. The summed E-state index contributed by atoms with van der Waals surface area (Å²) < 4.78 is 4.83. The van der Waals surface area contributed by atoms with Gasteiger partial charge in [-0.2, -0.15) is 0 Å². The van der Waals surface area contributed by atoms with Crippen LogP contribution in [0.4, 0.5) is 0 Å². The van der Waals surface area contributed by atoms with Crippen LogP contribution in [0.1, 0.15) is 5.56 Å². The second-order valence-corrected chi connectivity index (χ2v) is 14.5. The molecule has 0 spiro atoms. The van der Waals surface area contributed by atoms with Gasteiger partial charge < -0.3 is 9.13 Å². The number of benzene rings is 8. The van der Waals surface area contributed by atoms with E-state index < -0.39 is 0 Å². The summed E-state index contributed by atoms with van der Waals surface area (Å²) in [5.74, 6) is 1.91. The first-order valence-corrected chi connectivity index (χ1v) is 19.3. The van der Waals surface area contributed by atoms with Crippen LogP contribution >= 0.6 is 0 Å². The van der Waals surface area contributed by atoms with Crippen molar-refractivity contribution in [1.29, 1.82) is 0 Å². The van der Waals surface area contributed by atoms with Gasteiger partial charge in [-0.3, -0.25) is 0 Å². The van der Waals surface area contributed by atoms with Crippen molar-refractivity contribution in [3.63, 3.8) is 0 Å². The molecule has 0 radical (unpaired) electrons. The molecule has 268 valence electrons. The average molecular weight is 730 g/mol. The smallest absolute Gasteiger partial charge is 0.164 e. The average Bonchev–Trinajstić information content (AvgIpc) is 3.80. The van der Waals surface area contributed by atoms with Gasteiger partial charge in [-0.15, -0.1) is 0 Å². The van der Waals surface area contributed by atoms with E-state index in [1.54, 1.807) is 0 Å². The molecule has 0 aliphatic rings. The summed E-state index contributed by atoms with van der Waals surface area (Å²) in [7, 11) is 0. The summed E-state index contributed by atoms with van der Waals surface area (Å²) in [4.78, 5) is 15.2. The van der Waals surface area contributed by atoms with Crippen LogP contribution in [0.2, 0.25) is 0 Å². The maximum absolute atomic E-state index is 5.10. The molecule has 0 amide bonds. The van der Waals surface area contributed by atoms with Crippen LogP contribution in [0.3, 0.4) is 0 Å². The zero-order valence-corrected chi connectivity index (χ0v) is 31.2. The minimum absolute atomic E-state index is 0.625. The summed E-state index contributed by atoms with van der Waals surface area (Å²) in [5.41, 5.74) is 13.1. The zero-order valence-electron chi connectivity index (χ0n) is 31.2. The van der Waals surface area contributed by atoms with Crippen molar-refractivity contribution in [2.45, 2.75) is 6.92 Å². The Morgan fingerprint density at radius 3 is 1.39 bits per heavy atom. The standard InChI is InChI=1S/C52H35N5/c1-34-25-27-35(28-26-34)42-33-38(52-54-50(36-15-5-2-6-16-36)53-51(55-52)37-17-7-3-8-18-37)29-30-45(42)57-44-24-14-12-22-41(44)49-47(57)32-31-46-48(49)40-21-11-13-23-43(40)56(46)39-19-9-4-10-20-39/h2-33H,1H3. The SMILES string of the molecule is Cc1ccc(-c2cc(-c3nc(-c4ccccc4)nc(-c4ccccc4)n3)ccc2-n2c3ccccc3c3c4c5ccccc5n(-c5ccccc5)c4ccc32)cc1. The Morgan fingerprint density at radius 1 is 0.351 bits per heavy atom. The number of nitrogens with zero attached hydrogens (tertiary/aromatic N) is 5. The summed E-state index contributed by atoms with van der Waals surface area (Å²) >= 11 is 0. The number of para-hydroxylation sites is 3. The van der Waals surface area contributed by atoms with Crippen molar-refractivity contribution in [2.75, 3.05) is 0 Å². The molecule has 57 heavy (non-hydrogen) atoms. The molecule has 11 rings (SSSR count). The molecule has 8 aromatic carbocycles. The van der Waals surface area contributed by atoms with Crippen LogP contribution in [0.5, 0.6) is 0 Å². The molecule has 0 aliphatic carbocycles. The van der Waals surface area contributed by atoms with Gasteiger partial charge in [-0.1, -0.05) is 145 Å². The van der Waals surface area contributed by atoms with Gasteiger partial charge in [-0.25, -0.2) is 15.0 Å². The van der Waals surface area contributed by atoms with E-state index in [1.165, 1.54) is 38.1 Å². The first kappa shape index (κ1) is 32.8. The predicted molar refractivity (Wildman–Crippen MR) is 235 cm³/mol. The van der Waals surface area contributed by atoms with E-state index in [-0.39, 0.29) is 0 Å². The molecule has 0 bridgehead atoms. The first-order chi connectivity index (χ1) is 28.2. The Labute approximate surface area is 329 Å². The highest BCUT2D eigenvalue weighted by Gasteiger charge is 2.22. The number of aromatic nitrogens is 5. The molecule has 11 aromatic rings. The van der Waals surface area contributed by atoms with E-state index in [2.05, 4.69) is 150 Å². The lowest BCUT2D eigenvalue weighted by Gasteiger charge is -2.16. The van der Waals surface area contributed by atoms with Crippen LogP contribution < -0.4 is 0 Å². The van der Waals surface area contributed by atoms with Gasteiger partial charge in [0.15, 0.2) is 17.5 Å². The van der Waals surface area contributed by atoms with E-state index in [0.717, 1.165) is 50.2 Å². The Morgan fingerprint density at radius 2 is 0.807 bits per heavy atom. The lowest BCUT2D eigenvalue weighted by Crippen LogP contribution is -2.02. The molecule has 0 unspecified atom stereocenters. The van der Waals surface area contributed by atoms with Gasteiger partial charge in [-0.05, 0) is 67.1 Å². The maximum Gasteiger partial charge on any atom is 0.164 e. The van der Waals surface area contributed by atoms with E-state index >= 15 is 0 Å². The van der Waals surface area contributed by atoms with Crippen molar-refractivity contribution in [3.05, 3.63) is 200 Å². The summed E-state index contributed by atoms with van der Waals surface area (Å²) in [6.07, 6.45) is 0. The molecule has 0 fully saturated rings. The number of aryl methyl sites for hydroxylation is 1. The van der Waals surface area contributed by atoms with E-state index in [9.17, 15) is 0 Å². The van der Waals surface area contributed by atoms with Crippen molar-refractivity contribution in [3.8, 4) is 56.7 Å². The fraction of sp³-hybridized carbons (Fsp3) is 0.0192. The molecular weight excluding hydrogens is 695 g/mol. The quantitative estimate of drug-likeness (QED) is 0.171.